The maximum Gasteiger partial charge on any atom is 0.511 e. The van der Waals surface area contributed by atoms with E-state index in [1.165, 1.54) is 6.07 Å². The number of nitrogens with one attached hydrogen (secondary N) is 1. The molecule has 0 unspecified atom stereocenters. The number of nitrogens with zero attached hydrogens (tertiary/aromatic N) is 2. The minimum atomic E-state index is -1.61. The van der Waals surface area contributed by atoms with Crippen molar-refractivity contribution >= 4 is 22.9 Å². The van der Waals surface area contributed by atoms with E-state index in [-0.39, 0.29) is 10.9 Å². The van der Waals surface area contributed by atoms with Crippen molar-refractivity contribution in [3.05, 3.63) is 88.1 Å². The molecule has 32 heavy (non-hydrogen) atoms. The number of aromatic nitrogens is 2. The molecular weight excluding hydrogens is 413 g/mol. The summed E-state index contributed by atoms with van der Waals surface area (Å²) in [6.07, 6.45) is 1.64. The zero-order chi connectivity index (χ0) is 22.8. The molecule has 0 saturated heterocycles. The van der Waals surface area contributed by atoms with Crippen molar-refractivity contribution in [1.29, 1.82) is 0 Å². The molecule has 0 aliphatic heterocycles. The number of rotatable bonds is 5. The summed E-state index contributed by atoms with van der Waals surface area (Å²) in [5.41, 5.74) is 2.81. The second-order valence-electron chi connectivity index (χ2n) is 7.52. The highest BCUT2D eigenvalue weighted by Gasteiger charge is 2.14. The van der Waals surface area contributed by atoms with E-state index in [1.807, 2.05) is 61.6 Å². The molecule has 0 atom stereocenters. The fourth-order valence-corrected chi connectivity index (χ4v) is 3.47. The van der Waals surface area contributed by atoms with E-state index < -0.39 is 23.2 Å². The van der Waals surface area contributed by atoms with Crippen LogP contribution >= 0.6 is 0 Å². The Morgan fingerprint density at radius 1 is 1.09 bits per heavy atom. The van der Waals surface area contributed by atoms with Crippen LogP contribution in [0.4, 0.5) is 15.0 Å². The minimum Gasteiger partial charge on any atom is -0.449 e. The van der Waals surface area contributed by atoms with Gasteiger partial charge in [-0.05, 0) is 47.4 Å². The minimum absolute atomic E-state index is 0.000470. The van der Waals surface area contributed by atoms with Crippen molar-refractivity contribution in [1.82, 2.24) is 9.97 Å². The molecule has 0 aliphatic carbocycles. The van der Waals surface area contributed by atoms with Crippen molar-refractivity contribution in [3.63, 3.8) is 0 Å². The first-order valence-electron chi connectivity index (χ1n) is 9.79. The van der Waals surface area contributed by atoms with E-state index in [9.17, 15) is 14.0 Å². The topological polar surface area (TPSA) is 95.5 Å². The third-order valence-electron chi connectivity index (χ3n) is 5.06. The number of carbonyl (C=O) groups is 1. The Balaban J connectivity index is 1.60. The van der Waals surface area contributed by atoms with Gasteiger partial charge in [-0.2, -0.15) is 0 Å². The molecular formula is C24H20FN3O4. The van der Waals surface area contributed by atoms with E-state index in [0.29, 0.717) is 12.0 Å². The van der Waals surface area contributed by atoms with E-state index in [4.69, 9.17) is 5.11 Å². The van der Waals surface area contributed by atoms with Gasteiger partial charge in [0, 0.05) is 32.1 Å². The number of benzene rings is 2. The predicted octanol–water partition coefficient (Wildman–Crippen LogP) is 4.44. The summed E-state index contributed by atoms with van der Waals surface area (Å²) in [5, 5.41) is 8.78. The maximum atomic E-state index is 14.6. The first-order chi connectivity index (χ1) is 15.3. The van der Waals surface area contributed by atoms with Gasteiger partial charge in [-0.1, -0.05) is 24.3 Å². The smallest absolute Gasteiger partial charge is 0.449 e. The highest BCUT2D eigenvalue weighted by atomic mass is 19.1. The molecule has 2 N–H and O–H groups in total. The van der Waals surface area contributed by atoms with Crippen molar-refractivity contribution < 1.29 is 19.0 Å². The van der Waals surface area contributed by atoms with Crippen LogP contribution in [0.5, 0.6) is 5.75 Å². The normalized spacial score (nSPS) is 10.8. The largest absolute Gasteiger partial charge is 0.511 e. The lowest BCUT2D eigenvalue weighted by atomic mass is 10.00. The highest BCUT2D eigenvalue weighted by molar-refractivity contribution is 5.81. The SMILES string of the molecule is CN(C)c1ccc(-c2ccc(Cc3cc(F)c4[nH]cc(OC(=O)O)c(=O)c4c3)cc2)cn1. The van der Waals surface area contributed by atoms with Gasteiger partial charge in [-0.3, -0.25) is 4.79 Å². The standard InChI is InChI=1S/C24H20FN3O4/c1-28(2)21-8-7-17(12-26-21)16-5-3-14(4-6-16)9-15-10-18-22(19(25)11-15)27-13-20(23(18)29)32-24(30)31/h3-8,10-13H,9H2,1-2H3,(H,27,29)(H,30,31). The van der Waals surface area contributed by atoms with Gasteiger partial charge in [0.2, 0.25) is 5.43 Å². The summed E-state index contributed by atoms with van der Waals surface area (Å²) in [6.45, 7) is 0. The summed E-state index contributed by atoms with van der Waals surface area (Å²) < 4.78 is 19.0. The monoisotopic (exact) mass is 433 g/mol. The van der Waals surface area contributed by atoms with Gasteiger partial charge < -0.3 is 19.7 Å². The number of anilines is 1. The van der Waals surface area contributed by atoms with Crippen LogP contribution in [0.25, 0.3) is 22.0 Å². The molecule has 162 valence electrons. The fourth-order valence-electron chi connectivity index (χ4n) is 3.47. The molecule has 2 aromatic carbocycles. The summed E-state index contributed by atoms with van der Waals surface area (Å²) >= 11 is 0. The summed E-state index contributed by atoms with van der Waals surface area (Å²) in [7, 11) is 3.86. The second-order valence-corrected chi connectivity index (χ2v) is 7.52. The Hall–Kier alpha value is -4.20. The average Bonchev–Trinajstić information content (AvgIpc) is 2.76. The quantitative estimate of drug-likeness (QED) is 0.452. The van der Waals surface area contributed by atoms with Crippen LogP contribution in [0.3, 0.4) is 0 Å². The number of fused-ring (bicyclic) bond motifs is 1. The molecule has 2 aromatic heterocycles. The van der Waals surface area contributed by atoms with Crippen LogP contribution in [0, 0.1) is 5.82 Å². The van der Waals surface area contributed by atoms with Crippen LogP contribution in [0.1, 0.15) is 11.1 Å². The molecule has 7 nitrogen and oxygen atoms in total. The number of pyridine rings is 2. The highest BCUT2D eigenvalue weighted by Crippen LogP contribution is 2.23. The summed E-state index contributed by atoms with van der Waals surface area (Å²) in [4.78, 5) is 32.2. The lowest BCUT2D eigenvalue weighted by Gasteiger charge is -2.11. The summed E-state index contributed by atoms with van der Waals surface area (Å²) in [5.74, 6) is -0.129. The molecule has 2 heterocycles. The van der Waals surface area contributed by atoms with Crippen LogP contribution in [0.2, 0.25) is 0 Å². The van der Waals surface area contributed by atoms with Gasteiger partial charge in [-0.25, -0.2) is 14.2 Å². The van der Waals surface area contributed by atoms with E-state index in [1.54, 1.807) is 6.07 Å². The first kappa shape index (κ1) is 21.0. The average molecular weight is 433 g/mol. The molecule has 0 radical (unpaired) electrons. The van der Waals surface area contributed by atoms with E-state index >= 15 is 0 Å². The lowest BCUT2D eigenvalue weighted by molar-refractivity contribution is 0.144. The molecule has 4 aromatic rings. The number of aromatic amines is 1. The zero-order valence-electron chi connectivity index (χ0n) is 17.4. The van der Waals surface area contributed by atoms with Crippen molar-refractivity contribution in [2.75, 3.05) is 19.0 Å². The molecule has 0 amide bonds. The van der Waals surface area contributed by atoms with Crippen LogP contribution in [0.15, 0.2) is 65.7 Å². The predicted molar refractivity (Wildman–Crippen MR) is 120 cm³/mol. The molecule has 0 saturated carbocycles. The van der Waals surface area contributed by atoms with Gasteiger partial charge in [-0.15, -0.1) is 0 Å². The molecule has 0 spiro atoms. The maximum absolute atomic E-state index is 14.6. The molecule has 0 aliphatic rings. The van der Waals surface area contributed by atoms with Gasteiger partial charge in [0.25, 0.3) is 0 Å². The van der Waals surface area contributed by atoms with Crippen LogP contribution < -0.4 is 15.1 Å². The number of halogens is 1. The van der Waals surface area contributed by atoms with Gasteiger partial charge >= 0.3 is 6.16 Å². The third kappa shape index (κ3) is 4.29. The van der Waals surface area contributed by atoms with Crippen molar-refractivity contribution in [2.24, 2.45) is 0 Å². The van der Waals surface area contributed by atoms with E-state index in [0.717, 1.165) is 28.7 Å². The molecule has 4 rings (SSSR count). The first-order valence-corrected chi connectivity index (χ1v) is 9.79. The Bertz CT molecular complexity index is 1350. The Kier molecular flexibility index (Phi) is 5.59. The number of H-pyrrole nitrogens is 1. The fraction of sp³-hybridized carbons (Fsp3) is 0.125. The lowest BCUT2D eigenvalue weighted by Crippen LogP contribution is -2.14. The number of carboxylic acid groups (broad SMARTS) is 1. The molecule has 8 heteroatoms. The molecule has 0 bridgehead atoms. The van der Waals surface area contributed by atoms with Gasteiger partial charge in [0.1, 0.15) is 11.6 Å². The second kappa shape index (κ2) is 8.50. The van der Waals surface area contributed by atoms with Crippen LogP contribution in [-0.4, -0.2) is 35.3 Å². The number of ether oxygens (including phenoxy) is 1. The van der Waals surface area contributed by atoms with Crippen LogP contribution in [-0.2, 0) is 6.42 Å². The van der Waals surface area contributed by atoms with Gasteiger partial charge in [0.15, 0.2) is 5.75 Å². The Morgan fingerprint density at radius 2 is 1.81 bits per heavy atom. The Morgan fingerprint density at radius 3 is 2.44 bits per heavy atom. The zero-order valence-corrected chi connectivity index (χ0v) is 17.4. The third-order valence-corrected chi connectivity index (χ3v) is 5.06. The number of hydrogen-bond acceptors (Lipinski definition) is 5. The Labute approximate surface area is 182 Å². The number of hydrogen-bond donors (Lipinski definition) is 2. The van der Waals surface area contributed by atoms with Gasteiger partial charge in [0.05, 0.1) is 10.9 Å². The summed E-state index contributed by atoms with van der Waals surface area (Å²) in [6, 6.07) is 14.6. The van der Waals surface area contributed by atoms with Crippen molar-refractivity contribution in [3.8, 4) is 16.9 Å². The van der Waals surface area contributed by atoms with E-state index in [2.05, 4.69) is 14.7 Å². The molecule has 0 fully saturated rings. The van der Waals surface area contributed by atoms with Crippen molar-refractivity contribution in [2.45, 2.75) is 6.42 Å².